The maximum atomic E-state index is 9.26. The molecule has 0 aliphatic carbocycles. The third-order valence-electron chi connectivity index (χ3n) is 2.78. The zero-order valence-electron chi connectivity index (χ0n) is 10.1. The van der Waals surface area contributed by atoms with Gasteiger partial charge in [0.1, 0.15) is 0 Å². The third-order valence-corrected chi connectivity index (χ3v) is 3.07. The first-order valence-electron chi connectivity index (χ1n) is 5.65. The van der Waals surface area contributed by atoms with Crippen LogP contribution in [-0.4, -0.2) is 41.5 Å². The van der Waals surface area contributed by atoms with Crippen molar-refractivity contribution in [1.29, 1.82) is 0 Å². The molecule has 1 aliphatic rings. The van der Waals surface area contributed by atoms with Gasteiger partial charge in [-0.2, -0.15) is 0 Å². The van der Waals surface area contributed by atoms with Gasteiger partial charge in [0.2, 0.25) is 0 Å². The van der Waals surface area contributed by atoms with Gasteiger partial charge < -0.3 is 14.7 Å². The first-order valence-corrected chi connectivity index (χ1v) is 6.03. The molecule has 94 valence electrons. The molecule has 17 heavy (non-hydrogen) atoms. The molecule has 1 unspecified atom stereocenters. The van der Waals surface area contributed by atoms with Crippen LogP contribution in [0.2, 0.25) is 5.02 Å². The van der Waals surface area contributed by atoms with E-state index in [0.717, 1.165) is 12.2 Å². The smallest absolute Gasteiger partial charge is 0.0988 e. The van der Waals surface area contributed by atoms with E-state index in [2.05, 4.69) is 9.88 Å². The largest absolute Gasteiger partial charge is 0.394 e. The molecule has 0 amide bonds. The van der Waals surface area contributed by atoms with Crippen LogP contribution in [0.5, 0.6) is 0 Å². The van der Waals surface area contributed by atoms with Crippen LogP contribution in [0, 0.1) is 0 Å². The van der Waals surface area contributed by atoms with Gasteiger partial charge in [0.05, 0.1) is 29.0 Å². The molecule has 1 N–H and O–H groups in total. The maximum absolute atomic E-state index is 9.26. The summed E-state index contributed by atoms with van der Waals surface area (Å²) < 4.78 is 5.76. The number of hydrogen-bond acceptors (Lipinski definition) is 4. The van der Waals surface area contributed by atoms with Gasteiger partial charge in [0.25, 0.3) is 0 Å². The Hall–Kier alpha value is -0.840. The van der Waals surface area contributed by atoms with Gasteiger partial charge in [0.15, 0.2) is 0 Å². The molecule has 4 nitrogen and oxygen atoms in total. The number of aromatic nitrogens is 1. The fourth-order valence-electron chi connectivity index (χ4n) is 2.20. The monoisotopic (exact) mass is 256 g/mol. The minimum atomic E-state index is -0.293. The number of nitrogens with zero attached hydrogens (tertiary/aromatic N) is 2. The Morgan fingerprint density at radius 2 is 2.41 bits per heavy atom. The van der Waals surface area contributed by atoms with Crippen molar-refractivity contribution in [3.63, 3.8) is 0 Å². The highest BCUT2D eigenvalue weighted by molar-refractivity contribution is 6.33. The van der Waals surface area contributed by atoms with Gasteiger partial charge in [-0.05, 0) is 19.9 Å². The molecule has 2 heterocycles. The number of anilines is 1. The van der Waals surface area contributed by atoms with Crippen molar-refractivity contribution in [2.75, 3.05) is 24.6 Å². The zero-order valence-corrected chi connectivity index (χ0v) is 10.8. The molecule has 1 atom stereocenters. The second kappa shape index (κ2) is 4.80. The average molecular weight is 257 g/mol. The number of aliphatic hydroxyl groups is 1. The third kappa shape index (κ3) is 2.89. The Bertz CT molecular complexity index is 398. The fraction of sp³-hybridized carbons (Fsp3) is 0.583. The number of ether oxygens (including phenoxy) is 1. The molecular weight excluding hydrogens is 240 g/mol. The minimum absolute atomic E-state index is 0.0165. The maximum Gasteiger partial charge on any atom is 0.0988 e. The molecule has 1 aromatic rings. The number of hydrogen-bond donors (Lipinski definition) is 1. The van der Waals surface area contributed by atoms with E-state index in [0.29, 0.717) is 11.6 Å². The van der Waals surface area contributed by atoms with Crippen molar-refractivity contribution in [3.05, 3.63) is 23.5 Å². The summed E-state index contributed by atoms with van der Waals surface area (Å²) in [5, 5.41) is 9.89. The second-order valence-corrected chi connectivity index (χ2v) is 5.30. The summed E-state index contributed by atoms with van der Waals surface area (Å²) in [5.41, 5.74) is 0.648. The Labute approximate surface area is 106 Å². The summed E-state index contributed by atoms with van der Waals surface area (Å²) in [4.78, 5) is 6.11. The van der Waals surface area contributed by atoms with Crippen LogP contribution in [0.3, 0.4) is 0 Å². The van der Waals surface area contributed by atoms with E-state index >= 15 is 0 Å². The van der Waals surface area contributed by atoms with Gasteiger partial charge >= 0.3 is 0 Å². The predicted octanol–water partition coefficient (Wildman–Crippen LogP) is 1.71. The van der Waals surface area contributed by atoms with Gasteiger partial charge in [0, 0.05) is 25.5 Å². The van der Waals surface area contributed by atoms with Crippen molar-refractivity contribution in [1.82, 2.24) is 4.98 Å². The number of halogens is 1. The lowest BCUT2D eigenvalue weighted by atomic mass is 10.0. The SMILES string of the molecule is CC1(C)CN(c2ccncc2Cl)CC(CO)O1. The summed E-state index contributed by atoms with van der Waals surface area (Å²) in [6.45, 7) is 5.42. The topological polar surface area (TPSA) is 45.6 Å². The van der Waals surface area contributed by atoms with Crippen LogP contribution in [0.25, 0.3) is 0 Å². The number of aliphatic hydroxyl groups excluding tert-OH is 1. The molecule has 0 spiro atoms. The molecule has 1 aromatic heterocycles. The van der Waals surface area contributed by atoms with E-state index in [-0.39, 0.29) is 18.3 Å². The van der Waals surface area contributed by atoms with Gasteiger partial charge in [-0.1, -0.05) is 11.6 Å². The normalized spacial score (nSPS) is 23.8. The zero-order chi connectivity index (χ0) is 12.5. The van der Waals surface area contributed by atoms with E-state index < -0.39 is 0 Å². The van der Waals surface area contributed by atoms with E-state index in [1.54, 1.807) is 12.4 Å². The van der Waals surface area contributed by atoms with Crippen molar-refractivity contribution in [3.8, 4) is 0 Å². The van der Waals surface area contributed by atoms with Crippen molar-refractivity contribution >= 4 is 17.3 Å². The summed E-state index contributed by atoms with van der Waals surface area (Å²) >= 11 is 6.13. The Morgan fingerprint density at radius 1 is 1.65 bits per heavy atom. The molecule has 0 saturated carbocycles. The van der Waals surface area contributed by atoms with Gasteiger partial charge in [-0.15, -0.1) is 0 Å². The lowest BCUT2D eigenvalue weighted by Gasteiger charge is -2.43. The van der Waals surface area contributed by atoms with Crippen LogP contribution in [0.4, 0.5) is 5.69 Å². The first-order chi connectivity index (χ1) is 8.02. The molecule has 0 radical (unpaired) electrons. The van der Waals surface area contributed by atoms with Crippen LogP contribution < -0.4 is 4.90 Å². The Kier molecular flexibility index (Phi) is 3.56. The molecule has 2 rings (SSSR count). The fourth-order valence-corrected chi connectivity index (χ4v) is 2.44. The molecule has 5 heteroatoms. The number of rotatable bonds is 2. The van der Waals surface area contributed by atoms with Crippen LogP contribution >= 0.6 is 11.6 Å². The highest BCUT2D eigenvalue weighted by atomic mass is 35.5. The highest BCUT2D eigenvalue weighted by Gasteiger charge is 2.33. The predicted molar refractivity (Wildman–Crippen MR) is 67.5 cm³/mol. The van der Waals surface area contributed by atoms with Gasteiger partial charge in [-0.3, -0.25) is 4.98 Å². The molecule has 0 bridgehead atoms. The van der Waals surface area contributed by atoms with E-state index in [4.69, 9.17) is 16.3 Å². The molecule has 1 aliphatic heterocycles. The quantitative estimate of drug-likeness (QED) is 0.875. The molecule has 0 aromatic carbocycles. The van der Waals surface area contributed by atoms with E-state index in [1.165, 1.54) is 0 Å². The number of morpholine rings is 1. The molecule has 1 fully saturated rings. The Morgan fingerprint density at radius 3 is 3.06 bits per heavy atom. The second-order valence-electron chi connectivity index (χ2n) is 4.89. The van der Waals surface area contributed by atoms with Crippen LogP contribution in [0.15, 0.2) is 18.5 Å². The lowest BCUT2D eigenvalue weighted by Crippen LogP contribution is -2.54. The standard InChI is InChI=1S/C12H17ClN2O2/c1-12(2)8-15(6-9(7-16)17-12)11-3-4-14-5-10(11)13/h3-5,9,16H,6-8H2,1-2H3. The number of pyridine rings is 1. The summed E-state index contributed by atoms with van der Waals surface area (Å²) in [6, 6.07) is 1.89. The average Bonchev–Trinajstić information content (AvgIpc) is 2.27. The van der Waals surface area contributed by atoms with Crippen molar-refractivity contribution in [2.24, 2.45) is 0 Å². The van der Waals surface area contributed by atoms with Crippen LogP contribution in [0.1, 0.15) is 13.8 Å². The molecule has 1 saturated heterocycles. The summed E-state index contributed by atoms with van der Waals surface area (Å²) in [6.07, 6.45) is 3.17. The summed E-state index contributed by atoms with van der Waals surface area (Å²) in [7, 11) is 0. The van der Waals surface area contributed by atoms with Crippen molar-refractivity contribution < 1.29 is 9.84 Å². The lowest BCUT2D eigenvalue weighted by molar-refractivity contribution is -0.101. The van der Waals surface area contributed by atoms with Gasteiger partial charge in [-0.25, -0.2) is 0 Å². The first kappa shape index (κ1) is 12.6. The van der Waals surface area contributed by atoms with E-state index in [9.17, 15) is 5.11 Å². The summed E-state index contributed by atoms with van der Waals surface area (Å²) in [5.74, 6) is 0. The van der Waals surface area contributed by atoms with E-state index in [1.807, 2.05) is 19.9 Å². The minimum Gasteiger partial charge on any atom is -0.394 e. The molecular formula is C12H17ClN2O2. The highest BCUT2D eigenvalue weighted by Crippen LogP contribution is 2.30. The van der Waals surface area contributed by atoms with Crippen molar-refractivity contribution in [2.45, 2.75) is 25.6 Å². The Balaban J connectivity index is 2.24. The van der Waals surface area contributed by atoms with Crippen LogP contribution in [-0.2, 0) is 4.74 Å².